The molecule has 1 aromatic carbocycles. The zero-order valence-electron chi connectivity index (χ0n) is 18.1. The number of phenols is 1. The molecule has 0 saturated carbocycles. The van der Waals surface area contributed by atoms with E-state index in [9.17, 15) is 14.7 Å². The van der Waals surface area contributed by atoms with E-state index in [-0.39, 0.29) is 35.9 Å². The molecular formula is C22H29NO4S2. The summed E-state index contributed by atoms with van der Waals surface area (Å²) in [5.74, 6) is -0.287. The molecule has 1 N–H and O–H groups in total. The Labute approximate surface area is 182 Å². The lowest BCUT2D eigenvalue weighted by Crippen LogP contribution is -2.31. The van der Waals surface area contributed by atoms with Crippen molar-refractivity contribution in [1.29, 1.82) is 0 Å². The fourth-order valence-electron chi connectivity index (χ4n) is 3.01. The highest BCUT2D eigenvalue weighted by molar-refractivity contribution is 8.26. The van der Waals surface area contributed by atoms with Crippen LogP contribution in [0.5, 0.6) is 5.75 Å². The van der Waals surface area contributed by atoms with Crippen LogP contribution in [0, 0.1) is 0 Å². The topological polar surface area (TPSA) is 66.8 Å². The highest BCUT2D eigenvalue weighted by atomic mass is 32.2. The SMILES string of the molecule is CC(=O)OCCN1C(=O)C(=Cc2cc(C(C)(C)C)c(O)c(C(C)(C)C)c2)SC1=S. The monoisotopic (exact) mass is 435 g/mol. The van der Waals surface area contributed by atoms with Crippen LogP contribution in [0.25, 0.3) is 6.08 Å². The van der Waals surface area contributed by atoms with Crippen LogP contribution in [-0.2, 0) is 25.2 Å². The van der Waals surface area contributed by atoms with E-state index in [1.165, 1.54) is 23.6 Å². The lowest BCUT2D eigenvalue weighted by molar-refractivity contribution is -0.142. The minimum absolute atomic E-state index is 0.108. The zero-order valence-corrected chi connectivity index (χ0v) is 19.7. The molecule has 0 unspecified atom stereocenters. The van der Waals surface area contributed by atoms with E-state index in [0.717, 1.165) is 16.7 Å². The Hall–Kier alpha value is -1.86. The highest BCUT2D eigenvalue weighted by Gasteiger charge is 2.32. The van der Waals surface area contributed by atoms with Crippen LogP contribution in [0.4, 0.5) is 0 Å². The normalized spacial score (nSPS) is 16.7. The third kappa shape index (κ3) is 5.60. The third-order valence-electron chi connectivity index (χ3n) is 4.54. The van der Waals surface area contributed by atoms with Gasteiger partial charge in [-0.15, -0.1) is 0 Å². The van der Waals surface area contributed by atoms with Crippen molar-refractivity contribution in [3.05, 3.63) is 33.7 Å². The van der Waals surface area contributed by atoms with Crippen molar-refractivity contribution in [2.45, 2.75) is 59.3 Å². The molecule has 7 heteroatoms. The quantitative estimate of drug-likeness (QED) is 0.418. The maximum absolute atomic E-state index is 12.8. The van der Waals surface area contributed by atoms with Crippen molar-refractivity contribution in [3.8, 4) is 5.75 Å². The number of nitrogens with zero attached hydrogens (tertiary/aromatic N) is 1. The zero-order chi connectivity index (χ0) is 22.1. The number of hydrogen-bond donors (Lipinski definition) is 1. The molecule has 5 nitrogen and oxygen atoms in total. The van der Waals surface area contributed by atoms with Gasteiger partial charge in [0.2, 0.25) is 0 Å². The summed E-state index contributed by atoms with van der Waals surface area (Å²) in [5, 5.41) is 10.9. The Kier molecular flexibility index (Phi) is 6.85. The van der Waals surface area contributed by atoms with Gasteiger partial charge in [-0.25, -0.2) is 0 Å². The molecule has 0 aliphatic carbocycles. The standard InChI is InChI=1S/C22H29NO4S2/c1-13(24)27-9-8-23-19(26)17(29-20(23)28)12-14-10-15(21(2,3)4)18(25)16(11-14)22(5,6)7/h10-12,25H,8-9H2,1-7H3. The molecule has 0 radical (unpaired) electrons. The van der Waals surface area contributed by atoms with Crippen LogP contribution in [0.2, 0.25) is 0 Å². The average Bonchev–Trinajstić information content (AvgIpc) is 2.81. The summed E-state index contributed by atoms with van der Waals surface area (Å²) in [4.78, 5) is 25.7. The number of thiocarbonyl (C=S) groups is 1. The predicted molar refractivity (Wildman–Crippen MR) is 122 cm³/mol. The summed E-state index contributed by atoms with van der Waals surface area (Å²) in [7, 11) is 0. The lowest BCUT2D eigenvalue weighted by atomic mass is 9.78. The molecule has 1 amide bonds. The summed E-state index contributed by atoms with van der Waals surface area (Å²) >= 11 is 6.56. The number of ether oxygens (including phenoxy) is 1. The number of aromatic hydroxyl groups is 1. The third-order valence-corrected chi connectivity index (χ3v) is 5.92. The maximum Gasteiger partial charge on any atom is 0.302 e. The number of esters is 1. The summed E-state index contributed by atoms with van der Waals surface area (Å²) in [5.41, 5.74) is 2.01. The molecule has 1 aliphatic heterocycles. The van der Waals surface area contributed by atoms with Crippen LogP contribution in [0.1, 0.15) is 65.2 Å². The van der Waals surface area contributed by atoms with Gasteiger partial charge in [0.1, 0.15) is 16.7 Å². The summed E-state index contributed by atoms with van der Waals surface area (Å²) in [6, 6.07) is 3.85. The van der Waals surface area contributed by atoms with Crippen molar-refractivity contribution in [2.24, 2.45) is 0 Å². The molecule has 0 spiro atoms. The number of phenolic OH excluding ortho intramolecular Hbond substituents is 1. The van der Waals surface area contributed by atoms with Crippen molar-refractivity contribution in [1.82, 2.24) is 4.90 Å². The molecular weight excluding hydrogens is 406 g/mol. The second kappa shape index (κ2) is 8.48. The fraction of sp³-hybridized carbons (Fsp3) is 0.500. The summed E-state index contributed by atoms with van der Waals surface area (Å²) in [6.07, 6.45) is 1.81. The van der Waals surface area contributed by atoms with Crippen LogP contribution in [-0.4, -0.2) is 39.4 Å². The number of amides is 1. The first-order chi connectivity index (χ1) is 13.2. The predicted octanol–water partition coefficient (Wildman–Crippen LogP) is 4.75. The van der Waals surface area contributed by atoms with Crippen molar-refractivity contribution in [2.75, 3.05) is 13.2 Å². The average molecular weight is 436 g/mol. The van der Waals surface area contributed by atoms with Gasteiger partial charge >= 0.3 is 5.97 Å². The molecule has 29 heavy (non-hydrogen) atoms. The van der Waals surface area contributed by atoms with Gasteiger partial charge in [-0.3, -0.25) is 14.5 Å². The van der Waals surface area contributed by atoms with Crippen molar-refractivity contribution in [3.63, 3.8) is 0 Å². The van der Waals surface area contributed by atoms with E-state index in [1.807, 2.05) is 59.8 Å². The van der Waals surface area contributed by atoms with Gasteiger partial charge in [0.25, 0.3) is 5.91 Å². The molecule has 0 aromatic heterocycles. The minimum atomic E-state index is -0.389. The number of thioether (sulfide) groups is 1. The number of carbonyl (C=O) groups is 2. The molecule has 1 heterocycles. The van der Waals surface area contributed by atoms with Crippen molar-refractivity contribution < 1.29 is 19.4 Å². The van der Waals surface area contributed by atoms with E-state index in [1.54, 1.807) is 0 Å². The van der Waals surface area contributed by atoms with Gasteiger partial charge in [-0.2, -0.15) is 0 Å². The Morgan fingerprint density at radius 2 is 1.69 bits per heavy atom. The van der Waals surface area contributed by atoms with Crippen LogP contribution in [0.15, 0.2) is 17.0 Å². The van der Waals surface area contributed by atoms with Gasteiger partial charge in [0.15, 0.2) is 0 Å². The van der Waals surface area contributed by atoms with Gasteiger partial charge in [0, 0.05) is 18.1 Å². The van der Waals surface area contributed by atoms with E-state index < -0.39 is 0 Å². The van der Waals surface area contributed by atoms with E-state index in [4.69, 9.17) is 17.0 Å². The number of hydrogen-bond acceptors (Lipinski definition) is 6. The van der Waals surface area contributed by atoms with E-state index in [2.05, 4.69) is 0 Å². The molecule has 0 bridgehead atoms. The summed E-state index contributed by atoms with van der Waals surface area (Å²) in [6.45, 7) is 14.0. The Balaban J connectivity index is 2.42. The second-order valence-corrected chi connectivity index (χ2v) is 10.8. The smallest absolute Gasteiger partial charge is 0.302 e. The molecule has 1 aliphatic rings. The molecule has 2 rings (SSSR count). The molecule has 0 atom stereocenters. The largest absolute Gasteiger partial charge is 0.507 e. The van der Waals surface area contributed by atoms with Gasteiger partial charge in [0.05, 0.1) is 11.4 Å². The van der Waals surface area contributed by atoms with Crippen LogP contribution in [0.3, 0.4) is 0 Å². The maximum atomic E-state index is 12.8. The van der Waals surface area contributed by atoms with E-state index >= 15 is 0 Å². The summed E-state index contributed by atoms with van der Waals surface area (Å²) < 4.78 is 5.37. The van der Waals surface area contributed by atoms with Gasteiger partial charge in [-0.05, 0) is 34.6 Å². The molecule has 1 aromatic rings. The number of rotatable bonds is 4. The first-order valence-electron chi connectivity index (χ1n) is 9.48. The Morgan fingerprint density at radius 1 is 1.17 bits per heavy atom. The number of benzene rings is 1. The number of carbonyl (C=O) groups excluding carboxylic acids is 2. The Morgan fingerprint density at radius 3 is 2.14 bits per heavy atom. The van der Waals surface area contributed by atoms with Crippen LogP contribution < -0.4 is 0 Å². The fourth-order valence-corrected chi connectivity index (χ4v) is 4.32. The molecule has 1 saturated heterocycles. The van der Waals surface area contributed by atoms with Crippen LogP contribution >= 0.6 is 24.0 Å². The second-order valence-electron chi connectivity index (χ2n) is 9.14. The lowest BCUT2D eigenvalue weighted by Gasteiger charge is -2.28. The van der Waals surface area contributed by atoms with Crippen molar-refractivity contribution >= 4 is 46.3 Å². The van der Waals surface area contributed by atoms with Gasteiger partial charge < -0.3 is 9.84 Å². The Bertz CT molecular complexity index is 841. The molecule has 1 fully saturated rings. The molecule has 158 valence electrons. The first-order valence-corrected chi connectivity index (χ1v) is 10.7. The van der Waals surface area contributed by atoms with E-state index in [0.29, 0.717) is 15.0 Å². The minimum Gasteiger partial charge on any atom is -0.507 e. The highest BCUT2D eigenvalue weighted by Crippen LogP contribution is 2.41. The van der Waals surface area contributed by atoms with Gasteiger partial charge in [-0.1, -0.05) is 65.5 Å². The first kappa shape index (κ1) is 23.4.